The largest absolute Gasteiger partial charge is 0.454 e. The summed E-state index contributed by atoms with van der Waals surface area (Å²) < 4.78 is 6.89. The van der Waals surface area contributed by atoms with Gasteiger partial charge in [0.2, 0.25) is 5.91 Å². The molecule has 3 rings (SSSR count). The van der Waals surface area contributed by atoms with Crippen LogP contribution in [0.1, 0.15) is 18.7 Å². The molecule has 0 atom stereocenters. The van der Waals surface area contributed by atoms with Crippen molar-refractivity contribution in [1.82, 2.24) is 14.5 Å². The Bertz CT molecular complexity index is 817. The Balaban J connectivity index is 1.66. The van der Waals surface area contributed by atoms with Gasteiger partial charge in [0.05, 0.1) is 16.8 Å². The van der Waals surface area contributed by atoms with E-state index in [1.54, 1.807) is 16.3 Å². The van der Waals surface area contributed by atoms with Crippen LogP contribution in [0.25, 0.3) is 11.0 Å². The zero-order valence-corrected chi connectivity index (χ0v) is 14.8. The molecule has 0 spiro atoms. The van der Waals surface area contributed by atoms with E-state index in [1.807, 2.05) is 30.5 Å². The molecule has 1 saturated heterocycles. The molecule has 2 amide bonds. The van der Waals surface area contributed by atoms with Gasteiger partial charge in [-0.3, -0.25) is 19.3 Å². The second-order valence-electron chi connectivity index (χ2n) is 5.74. The first-order valence-corrected chi connectivity index (χ1v) is 9.41. The normalized spacial score (nSPS) is 14.3. The van der Waals surface area contributed by atoms with Gasteiger partial charge in [0.25, 0.3) is 5.91 Å². The minimum absolute atomic E-state index is 0.0162. The van der Waals surface area contributed by atoms with Crippen LogP contribution in [-0.4, -0.2) is 51.6 Å². The number of aromatic nitrogens is 2. The summed E-state index contributed by atoms with van der Waals surface area (Å²) in [7, 11) is 0. The van der Waals surface area contributed by atoms with Crippen molar-refractivity contribution in [3.05, 3.63) is 30.1 Å². The number of likely N-dealkylation sites (tertiary alicyclic amines) is 1. The fourth-order valence-corrected chi connectivity index (χ4v) is 3.33. The van der Waals surface area contributed by atoms with E-state index >= 15 is 0 Å². The fraction of sp³-hybridized carbons (Fsp3) is 0.412. The summed E-state index contributed by atoms with van der Waals surface area (Å²) in [6.07, 6.45) is 3.00. The second-order valence-corrected chi connectivity index (χ2v) is 6.61. The monoisotopic (exact) mass is 361 g/mol. The summed E-state index contributed by atoms with van der Waals surface area (Å²) in [6, 6.07) is 7.57. The molecule has 8 heteroatoms. The topological polar surface area (TPSA) is 81.5 Å². The summed E-state index contributed by atoms with van der Waals surface area (Å²) in [5.74, 6) is 0.264. The minimum atomic E-state index is -0.523. The van der Waals surface area contributed by atoms with E-state index in [9.17, 15) is 14.4 Å². The highest BCUT2D eigenvalue weighted by atomic mass is 32.2. The van der Waals surface area contributed by atoms with Gasteiger partial charge in [-0.2, -0.15) is 11.8 Å². The number of benzene rings is 1. The number of thioether (sulfide) groups is 1. The molecule has 1 aromatic carbocycles. The Morgan fingerprint density at radius 1 is 1.32 bits per heavy atom. The average molecular weight is 361 g/mol. The van der Waals surface area contributed by atoms with E-state index in [0.29, 0.717) is 25.1 Å². The smallest absolute Gasteiger partial charge is 0.326 e. The van der Waals surface area contributed by atoms with Crippen molar-refractivity contribution in [2.45, 2.75) is 25.1 Å². The van der Waals surface area contributed by atoms with Crippen LogP contribution in [0.2, 0.25) is 0 Å². The number of imidazole rings is 1. The number of imide groups is 1. The number of carbonyl (C=O) groups excluding carboxylic acids is 3. The molecule has 25 heavy (non-hydrogen) atoms. The first-order chi connectivity index (χ1) is 12.1. The van der Waals surface area contributed by atoms with Crippen LogP contribution in [0.4, 0.5) is 0 Å². The minimum Gasteiger partial charge on any atom is -0.454 e. The number of hydrogen-bond donors (Lipinski definition) is 0. The first kappa shape index (κ1) is 17.5. The van der Waals surface area contributed by atoms with Gasteiger partial charge in [-0.15, -0.1) is 0 Å². The summed E-state index contributed by atoms with van der Waals surface area (Å²) in [5.41, 5.74) is 1.67. The fourth-order valence-electron chi connectivity index (χ4n) is 2.85. The number of fused-ring (bicyclic) bond motifs is 1. The molecule has 132 valence electrons. The number of hydrogen-bond acceptors (Lipinski definition) is 6. The third-order valence-electron chi connectivity index (χ3n) is 4.03. The Morgan fingerprint density at radius 2 is 2.12 bits per heavy atom. The molecule has 2 aromatic rings. The molecule has 0 N–H and O–H groups in total. The summed E-state index contributed by atoms with van der Waals surface area (Å²) >= 11 is 1.61. The van der Waals surface area contributed by atoms with Gasteiger partial charge < -0.3 is 9.30 Å². The molecule has 0 aliphatic carbocycles. The summed E-state index contributed by atoms with van der Waals surface area (Å²) in [6.45, 7) is -0.0219. The molecular weight excluding hydrogens is 342 g/mol. The Kier molecular flexibility index (Phi) is 5.37. The molecule has 0 saturated carbocycles. The predicted molar refractivity (Wildman–Crippen MR) is 93.9 cm³/mol. The van der Waals surface area contributed by atoms with Crippen LogP contribution in [0, 0.1) is 0 Å². The highest BCUT2D eigenvalue weighted by Crippen LogP contribution is 2.19. The SMILES string of the molecule is CSCc1nc2ccccc2n1CC(=O)OCC(=O)N1CCCC1=O. The maximum absolute atomic E-state index is 12.2. The Hall–Kier alpha value is -2.35. The van der Waals surface area contributed by atoms with Gasteiger partial charge in [-0.25, -0.2) is 4.98 Å². The molecule has 7 nitrogen and oxygen atoms in total. The molecule has 1 aliphatic heterocycles. The van der Waals surface area contributed by atoms with Crippen LogP contribution in [0.5, 0.6) is 0 Å². The number of nitrogens with zero attached hydrogens (tertiary/aromatic N) is 3. The van der Waals surface area contributed by atoms with E-state index in [4.69, 9.17) is 4.74 Å². The van der Waals surface area contributed by atoms with Gasteiger partial charge in [0.1, 0.15) is 12.4 Å². The standard InChI is InChI=1S/C17H19N3O4S/c1-25-11-14-18-12-5-2-3-6-13(12)20(14)9-17(23)24-10-16(22)19-8-4-7-15(19)21/h2-3,5-6H,4,7-11H2,1H3. The maximum Gasteiger partial charge on any atom is 0.326 e. The van der Waals surface area contributed by atoms with Crippen LogP contribution < -0.4 is 0 Å². The van der Waals surface area contributed by atoms with E-state index in [2.05, 4.69) is 4.98 Å². The molecule has 0 bridgehead atoms. The van der Waals surface area contributed by atoms with Crippen molar-refractivity contribution in [1.29, 1.82) is 0 Å². The van der Waals surface area contributed by atoms with Crippen LogP contribution in [0.3, 0.4) is 0 Å². The van der Waals surface area contributed by atoms with E-state index in [0.717, 1.165) is 21.8 Å². The molecule has 0 unspecified atom stereocenters. The maximum atomic E-state index is 12.2. The third-order valence-corrected chi connectivity index (χ3v) is 4.57. The van der Waals surface area contributed by atoms with Crippen molar-refractivity contribution in [3.63, 3.8) is 0 Å². The number of ether oxygens (including phenoxy) is 1. The van der Waals surface area contributed by atoms with Crippen LogP contribution in [0.15, 0.2) is 24.3 Å². The van der Waals surface area contributed by atoms with Crippen molar-refractivity contribution in [2.24, 2.45) is 0 Å². The first-order valence-electron chi connectivity index (χ1n) is 8.02. The van der Waals surface area contributed by atoms with Gasteiger partial charge in [-0.1, -0.05) is 12.1 Å². The lowest BCUT2D eigenvalue weighted by Gasteiger charge is -2.14. The van der Waals surface area contributed by atoms with Crippen molar-refractivity contribution in [3.8, 4) is 0 Å². The predicted octanol–water partition coefficient (Wildman–Crippen LogP) is 1.59. The number of para-hydroxylation sites is 2. The quantitative estimate of drug-likeness (QED) is 0.727. The van der Waals surface area contributed by atoms with Crippen molar-refractivity contribution in [2.75, 3.05) is 19.4 Å². The highest BCUT2D eigenvalue weighted by Gasteiger charge is 2.27. The van der Waals surface area contributed by atoms with E-state index < -0.39 is 18.5 Å². The summed E-state index contributed by atoms with van der Waals surface area (Å²) in [4.78, 5) is 41.3. The number of rotatable bonds is 6. The molecule has 2 heterocycles. The van der Waals surface area contributed by atoms with Gasteiger partial charge in [0.15, 0.2) is 6.61 Å². The van der Waals surface area contributed by atoms with Crippen LogP contribution in [-0.2, 0) is 31.4 Å². The van der Waals surface area contributed by atoms with E-state index in [1.165, 1.54) is 0 Å². The third kappa shape index (κ3) is 3.84. The molecule has 1 aromatic heterocycles. The van der Waals surface area contributed by atoms with Gasteiger partial charge in [0, 0.05) is 13.0 Å². The van der Waals surface area contributed by atoms with E-state index in [-0.39, 0.29) is 12.5 Å². The molecule has 1 aliphatic rings. The highest BCUT2D eigenvalue weighted by molar-refractivity contribution is 7.97. The molecule has 0 radical (unpaired) electrons. The number of esters is 1. The Labute approximate surface area is 149 Å². The van der Waals surface area contributed by atoms with Gasteiger partial charge >= 0.3 is 5.97 Å². The van der Waals surface area contributed by atoms with Crippen molar-refractivity contribution < 1.29 is 19.1 Å². The lowest BCUT2D eigenvalue weighted by molar-refractivity contribution is -0.155. The second kappa shape index (κ2) is 7.69. The van der Waals surface area contributed by atoms with Crippen LogP contribution >= 0.6 is 11.8 Å². The number of amides is 2. The molecule has 1 fully saturated rings. The zero-order chi connectivity index (χ0) is 17.8. The zero-order valence-electron chi connectivity index (χ0n) is 13.9. The Morgan fingerprint density at radius 3 is 2.84 bits per heavy atom. The molecular formula is C17H19N3O4S. The van der Waals surface area contributed by atoms with Crippen molar-refractivity contribution >= 4 is 40.6 Å². The lowest BCUT2D eigenvalue weighted by Crippen LogP contribution is -2.35. The lowest BCUT2D eigenvalue weighted by atomic mass is 10.3. The van der Waals surface area contributed by atoms with Gasteiger partial charge in [-0.05, 0) is 24.8 Å². The summed E-state index contributed by atoms with van der Waals surface area (Å²) in [5, 5.41) is 0. The number of carbonyl (C=O) groups is 3. The average Bonchev–Trinajstić information content (AvgIpc) is 3.17.